The Morgan fingerprint density at radius 3 is 2.91 bits per heavy atom. The monoisotopic (exact) mass is 451 g/mol. The third-order valence-corrected chi connectivity index (χ3v) is 6.12. The van der Waals surface area contributed by atoms with Crippen LogP contribution in [0, 0.1) is 0 Å². The molecule has 34 heavy (non-hydrogen) atoms. The topological polar surface area (TPSA) is 84.2 Å². The molecule has 1 unspecified atom stereocenters. The summed E-state index contributed by atoms with van der Waals surface area (Å²) in [5.41, 5.74) is 3.40. The highest BCUT2D eigenvalue weighted by Gasteiger charge is 2.21. The molecular formula is C25H22BN5O3. The van der Waals surface area contributed by atoms with Crippen molar-refractivity contribution in [3.8, 4) is 28.5 Å². The number of hydrogen-bond donors (Lipinski definition) is 2. The maximum atomic E-state index is 10.3. The summed E-state index contributed by atoms with van der Waals surface area (Å²) in [7, 11) is 6.12. The van der Waals surface area contributed by atoms with Crippen molar-refractivity contribution in [3.05, 3.63) is 72.6 Å². The molecular weight excluding hydrogens is 429 g/mol. The van der Waals surface area contributed by atoms with E-state index in [1.54, 1.807) is 22.8 Å². The van der Waals surface area contributed by atoms with Gasteiger partial charge in [-0.05, 0) is 42.4 Å². The molecule has 0 amide bonds. The summed E-state index contributed by atoms with van der Waals surface area (Å²) in [4.78, 5) is 6.89. The highest BCUT2D eigenvalue weighted by molar-refractivity contribution is 6.36. The number of anilines is 1. The summed E-state index contributed by atoms with van der Waals surface area (Å²) in [5.74, 6) is 2.56. The fourth-order valence-electron chi connectivity index (χ4n) is 4.39. The Kier molecular flexibility index (Phi) is 5.02. The number of phenolic OH excluding ortho intramolecular Hbond substituents is 1. The molecule has 168 valence electrons. The van der Waals surface area contributed by atoms with Gasteiger partial charge in [-0.15, -0.1) is 0 Å². The number of nitrogens with zero attached hydrogens (tertiary/aromatic N) is 4. The molecule has 2 radical (unpaired) electrons. The zero-order chi connectivity index (χ0) is 23.1. The Hall–Kier alpha value is -4.14. The number of hydrogen-bond acceptors (Lipinski definition) is 7. The van der Waals surface area contributed by atoms with Gasteiger partial charge in [0.15, 0.2) is 17.1 Å². The van der Waals surface area contributed by atoms with Gasteiger partial charge >= 0.3 is 0 Å². The van der Waals surface area contributed by atoms with Crippen molar-refractivity contribution >= 4 is 24.8 Å². The van der Waals surface area contributed by atoms with Crippen LogP contribution in [0.3, 0.4) is 0 Å². The van der Waals surface area contributed by atoms with E-state index < -0.39 is 0 Å². The number of fused-ring (bicyclic) bond motifs is 2. The second-order valence-electron chi connectivity index (χ2n) is 8.38. The van der Waals surface area contributed by atoms with Crippen LogP contribution in [-0.2, 0) is 6.54 Å². The van der Waals surface area contributed by atoms with Crippen molar-refractivity contribution in [1.29, 1.82) is 0 Å². The third-order valence-electron chi connectivity index (χ3n) is 6.12. The summed E-state index contributed by atoms with van der Waals surface area (Å²) in [6, 6.07) is 15.1. The Morgan fingerprint density at radius 1 is 1.15 bits per heavy atom. The van der Waals surface area contributed by atoms with E-state index in [0.717, 1.165) is 42.4 Å². The van der Waals surface area contributed by atoms with E-state index in [1.807, 2.05) is 30.3 Å². The quantitative estimate of drug-likeness (QED) is 0.452. The van der Waals surface area contributed by atoms with Crippen molar-refractivity contribution in [2.75, 3.05) is 18.7 Å². The lowest BCUT2D eigenvalue weighted by Gasteiger charge is -2.29. The molecule has 4 heterocycles. The number of rotatable bonds is 5. The first kappa shape index (κ1) is 20.5. The van der Waals surface area contributed by atoms with Gasteiger partial charge in [0.05, 0.1) is 5.69 Å². The van der Waals surface area contributed by atoms with Gasteiger partial charge in [0.1, 0.15) is 19.4 Å². The van der Waals surface area contributed by atoms with Crippen LogP contribution in [0.1, 0.15) is 12.0 Å². The predicted molar refractivity (Wildman–Crippen MR) is 130 cm³/mol. The fourth-order valence-corrected chi connectivity index (χ4v) is 4.39. The van der Waals surface area contributed by atoms with Crippen molar-refractivity contribution in [3.63, 3.8) is 0 Å². The molecule has 2 N–H and O–H groups in total. The van der Waals surface area contributed by atoms with Crippen LogP contribution in [0.2, 0.25) is 0 Å². The van der Waals surface area contributed by atoms with Crippen molar-refractivity contribution < 1.29 is 14.6 Å². The van der Waals surface area contributed by atoms with E-state index in [4.69, 9.17) is 17.3 Å². The SMILES string of the molecule is [B]c1cnn2c(NC3C=CN(Cc4cccc5c4OCO5)CC3)cc(-c3ccccc3O)nc12. The second kappa shape index (κ2) is 8.33. The minimum Gasteiger partial charge on any atom is -0.507 e. The van der Waals surface area contributed by atoms with Gasteiger partial charge < -0.3 is 24.8 Å². The zero-order valence-corrected chi connectivity index (χ0v) is 18.4. The lowest BCUT2D eigenvalue weighted by atomic mass is 10.0. The summed E-state index contributed by atoms with van der Waals surface area (Å²) < 4.78 is 12.8. The molecule has 1 atom stereocenters. The molecule has 8 nitrogen and oxygen atoms in total. The molecule has 0 fully saturated rings. The minimum absolute atomic E-state index is 0.102. The lowest BCUT2D eigenvalue weighted by molar-refractivity contribution is 0.172. The van der Waals surface area contributed by atoms with Crippen LogP contribution >= 0.6 is 0 Å². The van der Waals surface area contributed by atoms with Gasteiger partial charge in [-0.1, -0.05) is 24.3 Å². The summed E-state index contributed by atoms with van der Waals surface area (Å²) in [6.45, 7) is 1.90. The largest absolute Gasteiger partial charge is 0.507 e. The average Bonchev–Trinajstić information content (AvgIpc) is 3.48. The van der Waals surface area contributed by atoms with Gasteiger partial charge in [0, 0.05) is 42.5 Å². The van der Waals surface area contributed by atoms with Crippen molar-refractivity contribution in [2.45, 2.75) is 19.0 Å². The smallest absolute Gasteiger partial charge is 0.231 e. The average molecular weight is 451 g/mol. The number of nitrogens with one attached hydrogen (secondary N) is 1. The van der Waals surface area contributed by atoms with Crippen molar-refractivity contribution in [1.82, 2.24) is 19.5 Å². The van der Waals surface area contributed by atoms with Gasteiger partial charge in [0.25, 0.3) is 0 Å². The van der Waals surface area contributed by atoms with E-state index in [-0.39, 0.29) is 18.6 Å². The van der Waals surface area contributed by atoms with Crippen LogP contribution in [0.25, 0.3) is 16.9 Å². The van der Waals surface area contributed by atoms with E-state index in [1.165, 1.54) is 0 Å². The van der Waals surface area contributed by atoms with E-state index >= 15 is 0 Å². The first-order valence-corrected chi connectivity index (χ1v) is 11.1. The van der Waals surface area contributed by atoms with E-state index in [9.17, 15) is 5.11 Å². The second-order valence-corrected chi connectivity index (χ2v) is 8.38. The molecule has 2 aliphatic rings. The lowest BCUT2D eigenvalue weighted by Crippen LogP contribution is -2.31. The Morgan fingerprint density at radius 2 is 2.06 bits per heavy atom. The van der Waals surface area contributed by atoms with Crippen LogP contribution in [-0.4, -0.2) is 51.8 Å². The summed E-state index contributed by atoms with van der Waals surface area (Å²) in [6.07, 6.45) is 6.74. The van der Waals surface area contributed by atoms with E-state index in [2.05, 4.69) is 38.6 Å². The Balaban J connectivity index is 1.24. The Bertz CT molecular complexity index is 1400. The molecule has 0 saturated heterocycles. The maximum Gasteiger partial charge on any atom is 0.231 e. The molecule has 6 rings (SSSR count). The molecule has 2 aliphatic heterocycles. The van der Waals surface area contributed by atoms with Crippen LogP contribution in [0.4, 0.5) is 5.82 Å². The number of phenols is 1. The molecule has 2 aromatic carbocycles. The van der Waals surface area contributed by atoms with Gasteiger partial charge in [-0.2, -0.15) is 9.61 Å². The highest BCUT2D eigenvalue weighted by atomic mass is 16.7. The number of aromatic hydroxyl groups is 1. The minimum atomic E-state index is 0.102. The molecule has 0 saturated carbocycles. The fraction of sp³-hybridized carbons (Fsp3) is 0.200. The molecule has 2 aromatic heterocycles. The number of ether oxygens (including phenoxy) is 2. The maximum absolute atomic E-state index is 10.3. The van der Waals surface area contributed by atoms with Gasteiger partial charge in [0.2, 0.25) is 6.79 Å². The molecule has 0 bridgehead atoms. The van der Waals surface area contributed by atoms with Gasteiger partial charge in [-0.25, -0.2) is 4.98 Å². The number of para-hydroxylation sites is 2. The van der Waals surface area contributed by atoms with Crippen LogP contribution in [0.5, 0.6) is 17.2 Å². The predicted octanol–water partition coefficient (Wildman–Crippen LogP) is 2.82. The molecule has 0 aliphatic carbocycles. The molecule has 0 spiro atoms. The summed E-state index contributed by atoms with van der Waals surface area (Å²) >= 11 is 0. The van der Waals surface area contributed by atoms with Gasteiger partial charge in [-0.3, -0.25) is 0 Å². The summed E-state index contributed by atoms with van der Waals surface area (Å²) in [5, 5.41) is 18.3. The highest BCUT2D eigenvalue weighted by Crippen LogP contribution is 2.36. The first-order chi connectivity index (χ1) is 16.7. The van der Waals surface area contributed by atoms with E-state index in [0.29, 0.717) is 22.4 Å². The number of aromatic nitrogens is 3. The normalized spacial score (nSPS) is 16.8. The van der Waals surface area contributed by atoms with Crippen LogP contribution in [0.15, 0.2) is 67.0 Å². The standard InChI is InChI=1S/C25H22BN5O3/c26-19-13-27-31-23(12-20(29-25(19)31)18-5-1-2-6-21(18)32)28-17-8-10-30(11-9-17)14-16-4-3-7-22-24(16)34-15-33-22/h1-8,10,12-13,17,28,32H,9,11,14-15H2. The molecule has 4 aromatic rings. The third kappa shape index (κ3) is 3.69. The van der Waals surface area contributed by atoms with Crippen LogP contribution < -0.4 is 20.3 Å². The Labute approximate surface area is 197 Å². The molecule has 9 heteroatoms. The zero-order valence-electron chi connectivity index (χ0n) is 18.4. The first-order valence-electron chi connectivity index (χ1n) is 11.1. The van der Waals surface area contributed by atoms with Crippen molar-refractivity contribution in [2.24, 2.45) is 0 Å². The number of benzene rings is 2.